The lowest BCUT2D eigenvalue weighted by atomic mass is 10.3. The molecule has 0 aliphatic carbocycles. The second kappa shape index (κ2) is 4.42. The fourth-order valence-electron chi connectivity index (χ4n) is 2.07. The van der Waals surface area contributed by atoms with Crippen LogP contribution in [0.5, 0.6) is 23.1 Å². The molecule has 3 aromatic rings. The molecule has 0 atom stereocenters. The van der Waals surface area contributed by atoms with E-state index in [-0.39, 0.29) is 6.79 Å². The molecule has 100 valence electrons. The maximum Gasteiger partial charge on any atom is 0.231 e. The summed E-state index contributed by atoms with van der Waals surface area (Å²) in [5.74, 6) is 2.24. The third kappa shape index (κ3) is 1.72. The van der Waals surface area contributed by atoms with Crippen LogP contribution in [0.3, 0.4) is 0 Å². The molecule has 1 aliphatic heterocycles. The van der Waals surface area contributed by atoms with Gasteiger partial charge in [-0.2, -0.15) is 0 Å². The molecule has 5 nitrogen and oxygen atoms in total. The van der Waals surface area contributed by atoms with Crippen molar-refractivity contribution in [3.05, 3.63) is 41.2 Å². The monoisotopic (exact) mass is 333 g/mol. The molecule has 0 bridgehead atoms. The number of benzene rings is 1. The summed E-state index contributed by atoms with van der Waals surface area (Å²) in [6.45, 7) is 0.178. The number of rotatable bonds is 2. The minimum atomic E-state index is 0.178. The number of hydrogen-bond acceptors (Lipinski definition) is 5. The first-order valence-electron chi connectivity index (χ1n) is 5.91. The summed E-state index contributed by atoms with van der Waals surface area (Å²) in [4.78, 5) is 4.23. The van der Waals surface area contributed by atoms with E-state index in [0.29, 0.717) is 23.1 Å². The van der Waals surface area contributed by atoms with Crippen molar-refractivity contribution >= 4 is 26.9 Å². The molecule has 0 N–H and O–H groups in total. The van der Waals surface area contributed by atoms with Gasteiger partial charge in [0, 0.05) is 6.20 Å². The Hall–Kier alpha value is -2.21. The molecule has 3 heterocycles. The fourth-order valence-corrected chi connectivity index (χ4v) is 2.50. The van der Waals surface area contributed by atoms with Gasteiger partial charge in [-0.1, -0.05) is 0 Å². The minimum absolute atomic E-state index is 0.178. The van der Waals surface area contributed by atoms with E-state index in [1.807, 2.05) is 12.1 Å². The van der Waals surface area contributed by atoms with Crippen LogP contribution in [0.2, 0.25) is 0 Å². The van der Waals surface area contributed by atoms with Crippen LogP contribution in [0.15, 0.2) is 45.6 Å². The lowest BCUT2D eigenvalue weighted by Crippen LogP contribution is -1.94. The molecule has 4 rings (SSSR count). The first-order valence-corrected chi connectivity index (χ1v) is 6.70. The maximum absolute atomic E-state index is 5.85. The van der Waals surface area contributed by atoms with Crippen LogP contribution in [-0.2, 0) is 0 Å². The normalized spacial score (nSPS) is 12.8. The van der Waals surface area contributed by atoms with E-state index in [1.165, 1.54) is 0 Å². The average molecular weight is 334 g/mol. The fraction of sp³-hybridized carbons (Fsp3) is 0.0714. The van der Waals surface area contributed by atoms with Crippen molar-refractivity contribution in [1.82, 2.24) is 4.98 Å². The Balaban J connectivity index is 1.80. The minimum Gasteiger partial charge on any atom is -0.464 e. The summed E-state index contributed by atoms with van der Waals surface area (Å²) in [5.41, 5.74) is 0.723. The average Bonchev–Trinajstić information content (AvgIpc) is 3.10. The van der Waals surface area contributed by atoms with E-state index < -0.39 is 0 Å². The van der Waals surface area contributed by atoms with E-state index >= 15 is 0 Å². The van der Waals surface area contributed by atoms with Gasteiger partial charge in [-0.15, -0.1) is 0 Å². The zero-order valence-electron chi connectivity index (χ0n) is 10.1. The maximum atomic E-state index is 5.85. The van der Waals surface area contributed by atoms with Crippen molar-refractivity contribution in [2.24, 2.45) is 0 Å². The highest BCUT2D eigenvalue weighted by Crippen LogP contribution is 2.47. The van der Waals surface area contributed by atoms with Gasteiger partial charge in [-0.3, -0.25) is 0 Å². The van der Waals surface area contributed by atoms with Crippen molar-refractivity contribution < 1.29 is 18.6 Å². The highest BCUT2D eigenvalue weighted by Gasteiger charge is 2.23. The second-order valence-electron chi connectivity index (χ2n) is 4.16. The smallest absolute Gasteiger partial charge is 0.231 e. The Labute approximate surface area is 122 Å². The van der Waals surface area contributed by atoms with Crippen LogP contribution in [-0.4, -0.2) is 11.8 Å². The van der Waals surface area contributed by atoms with Crippen molar-refractivity contribution in [3.63, 3.8) is 0 Å². The van der Waals surface area contributed by atoms with Crippen LogP contribution in [0.25, 0.3) is 11.0 Å². The van der Waals surface area contributed by atoms with E-state index in [4.69, 9.17) is 18.6 Å². The van der Waals surface area contributed by atoms with Crippen molar-refractivity contribution in [3.8, 4) is 23.1 Å². The zero-order valence-corrected chi connectivity index (χ0v) is 11.7. The first kappa shape index (κ1) is 11.6. The molecule has 0 saturated carbocycles. The van der Waals surface area contributed by atoms with Gasteiger partial charge in [-0.25, -0.2) is 4.98 Å². The number of halogens is 1. The van der Waals surface area contributed by atoms with Gasteiger partial charge >= 0.3 is 0 Å². The van der Waals surface area contributed by atoms with Crippen LogP contribution < -0.4 is 14.2 Å². The predicted octanol–water partition coefficient (Wildman–Crippen LogP) is 4.11. The van der Waals surface area contributed by atoms with Gasteiger partial charge in [0.25, 0.3) is 0 Å². The van der Waals surface area contributed by atoms with Gasteiger partial charge in [0.05, 0.1) is 16.1 Å². The van der Waals surface area contributed by atoms with Crippen molar-refractivity contribution in [1.29, 1.82) is 0 Å². The van der Waals surface area contributed by atoms with Gasteiger partial charge < -0.3 is 18.6 Å². The number of pyridine rings is 1. The molecule has 6 heteroatoms. The largest absolute Gasteiger partial charge is 0.464 e. The van der Waals surface area contributed by atoms with Gasteiger partial charge in [0.15, 0.2) is 11.5 Å². The molecule has 0 saturated heterocycles. The summed E-state index contributed by atoms with van der Waals surface area (Å²) >= 11 is 3.41. The van der Waals surface area contributed by atoms with Gasteiger partial charge in [-0.05, 0) is 40.2 Å². The molecule has 0 fully saturated rings. The van der Waals surface area contributed by atoms with Gasteiger partial charge in [0.1, 0.15) is 5.58 Å². The Morgan fingerprint density at radius 1 is 1.10 bits per heavy atom. The lowest BCUT2D eigenvalue weighted by Gasteiger charge is -2.08. The summed E-state index contributed by atoms with van der Waals surface area (Å²) in [6, 6.07) is 7.25. The molecule has 0 unspecified atom stereocenters. The Kier molecular flexibility index (Phi) is 2.56. The summed E-state index contributed by atoms with van der Waals surface area (Å²) < 4.78 is 22.8. The number of ether oxygens (including phenoxy) is 3. The molecule has 0 radical (unpaired) electrons. The second-order valence-corrected chi connectivity index (χ2v) is 5.02. The number of furan rings is 1. The number of nitrogens with zero attached hydrogens (tertiary/aromatic N) is 1. The van der Waals surface area contributed by atoms with Crippen molar-refractivity contribution in [2.45, 2.75) is 0 Å². The van der Waals surface area contributed by atoms with Crippen LogP contribution in [0, 0.1) is 0 Å². The van der Waals surface area contributed by atoms with E-state index in [0.717, 1.165) is 15.4 Å². The van der Waals surface area contributed by atoms with Crippen LogP contribution in [0.1, 0.15) is 0 Å². The van der Waals surface area contributed by atoms with E-state index in [1.54, 1.807) is 24.6 Å². The number of fused-ring (bicyclic) bond motifs is 2. The van der Waals surface area contributed by atoms with E-state index in [9.17, 15) is 0 Å². The molecule has 0 spiro atoms. The molecular weight excluding hydrogens is 326 g/mol. The van der Waals surface area contributed by atoms with Crippen LogP contribution >= 0.6 is 15.9 Å². The third-order valence-electron chi connectivity index (χ3n) is 2.98. The molecule has 1 aromatic carbocycles. The SMILES string of the molecule is Brc1ccc(Oc2nccc3occc23)c2c1OCO2. The zero-order chi connectivity index (χ0) is 13.5. The standard InChI is InChI=1S/C14H8BrNO4/c15-9-1-2-11(13-12(9)18-7-19-13)20-14-8-4-6-17-10(8)3-5-16-14/h1-6H,7H2. The van der Waals surface area contributed by atoms with E-state index in [2.05, 4.69) is 20.9 Å². The summed E-state index contributed by atoms with van der Waals surface area (Å²) in [6.07, 6.45) is 3.24. The molecule has 2 aromatic heterocycles. The lowest BCUT2D eigenvalue weighted by molar-refractivity contribution is 0.171. The summed E-state index contributed by atoms with van der Waals surface area (Å²) in [5, 5.41) is 0.808. The third-order valence-corrected chi connectivity index (χ3v) is 3.61. The quantitative estimate of drug-likeness (QED) is 0.706. The summed E-state index contributed by atoms with van der Waals surface area (Å²) in [7, 11) is 0. The Bertz CT molecular complexity index is 799. The van der Waals surface area contributed by atoms with Gasteiger partial charge in [0.2, 0.25) is 18.4 Å². The topological polar surface area (TPSA) is 53.7 Å². The number of hydrogen-bond donors (Lipinski definition) is 0. The predicted molar refractivity (Wildman–Crippen MR) is 74.3 cm³/mol. The highest BCUT2D eigenvalue weighted by atomic mass is 79.9. The highest BCUT2D eigenvalue weighted by molar-refractivity contribution is 9.10. The van der Waals surface area contributed by atoms with Crippen molar-refractivity contribution in [2.75, 3.05) is 6.79 Å². The molecule has 0 amide bonds. The van der Waals surface area contributed by atoms with Crippen LogP contribution in [0.4, 0.5) is 0 Å². The molecular formula is C14H8BrNO4. The first-order chi connectivity index (χ1) is 9.83. The molecule has 1 aliphatic rings. The Morgan fingerprint density at radius 2 is 2.00 bits per heavy atom. The molecule has 20 heavy (non-hydrogen) atoms. The number of aromatic nitrogens is 1. The Morgan fingerprint density at radius 3 is 2.95 bits per heavy atom.